The number of rotatable bonds is 4. The summed E-state index contributed by atoms with van der Waals surface area (Å²) in [5, 5.41) is 0. The van der Waals surface area contributed by atoms with Crippen LogP contribution in [0.1, 0.15) is 0 Å². The predicted molar refractivity (Wildman–Crippen MR) is 55.4 cm³/mol. The molecule has 0 aliphatic rings. The summed E-state index contributed by atoms with van der Waals surface area (Å²) in [6, 6.07) is 1.71. The summed E-state index contributed by atoms with van der Waals surface area (Å²) >= 11 is 0. The van der Waals surface area contributed by atoms with Crippen molar-refractivity contribution in [2.45, 2.75) is 11.0 Å². The van der Waals surface area contributed by atoms with Crippen molar-refractivity contribution in [2.24, 2.45) is 0 Å². The van der Waals surface area contributed by atoms with Crippen molar-refractivity contribution in [3.05, 3.63) is 18.2 Å². The van der Waals surface area contributed by atoms with Gasteiger partial charge in [0, 0.05) is 12.1 Å². The van der Waals surface area contributed by atoms with Crippen LogP contribution in [0.4, 0.5) is 26.3 Å². The van der Waals surface area contributed by atoms with E-state index in [1.807, 2.05) is 0 Å². The van der Waals surface area contributed by atoms with Gasteiger partial charge in [-0.05, 0) is 0 Å². The molecule has 0 radical (unpaired) electrons. The van der Waals surface area contributed by atoms with E-state index in [-0.39, 0.29) is 0 Å². The molecule has 0 bridgehead atoms. The highest BCUT2D eigenvalue weighted by Crippen LogP contribution is 2.29. The Morgan fingerprint density at radius 2 is 1.09 bits per heavy atom. The van der Waals surface area contributed by atoms with Gasteiger partial charge in [-0.3, -0.25) is 0 Å². The second-order valence-corrected chi connectivity index (χ2v) is 6.36. The fourth-order valence-electron chi connectivity index (χ4n) is 0.808. The van der Waals surface area contributed by atoms with Crippen molar-refractivity contribution >= 4 is 20.2 Å². The molecule has 22 heavy (non-hydrogen) atoms. The Morgan fingerprint density at radius 3 is 1.36 bits per heavy atom. The first-order valence-electron chi connectivity index (χ1n) is 4.64. The lowest BCUT2D eigenvalue weighted by Gasteiger charge is -2.10. The summed E-state index contributed by atoms with van der Waals surface area (Å²) in [6.07, 6.45) is 0. The largest absolute Gasteiger partial charge is 0.534 e. The fraction of sp³-hybridized carbons (Fsp3) is 0.286. The van der Waals surface area contributed by atoms with Gasteiger partial charge in [0.05, 0.1) is 0 Å². The molecule has 0 unspecified atom stereocenters. The van der Waals surface area contributed by atoms with Gasteiger partial charge in [0.15, 0.2) is 0 Å². The van der Waals surface area contributed by atoms with Gasteiger partial charge < -0.3 is 8.37 Å². The van der Waals surface area contributed by atoms with Crippen LogP contribution in [0.3, 0.4) is 0 Å². The second-order valence-electron chi connectivity index (χ2n) is 3.28. The van der Waals surface area contributed by atoms with Crippen molar-refractivity contribution < 1.29 is 51.5 Å². The third-order valence-electron chi connectivity index (χ3n) is 1.66. The zero-order valence-electron chi connectivity index (χ0n) is 9.71. The van der Waals surface area contributed by atoms with Crippen molar-refractivity contribution in [1.82, 2.24) is 4.98 Å². The van der Waals surface area contributed by atoms with E-state index in [0.29, 0.717) is 18.2 Å². The predicted octanol–water partition coefficient (Wildman–Crippen LogP) is 1.54. The first-order valence-corrected chi connectivity index (χ1v) is 7.46. The van der Waals surface area contributed by atoms with Crippen molar-refractivity contribution in [3.63, 3.8) is 0 Å². The molecule has 126 valence electrons. The van der Waals surface area contributed by atoms with Gasteiger partial charge in [0.25, 0.3) is 0 Å². The van der Waals surface area contributed by atoms with Crippen LogP contribution in [0.25, 0.3) is 0 Å². The molecule has 0 aliphatic heterocycles. The number of alkyl halides is 6. The van der Waals surface area contributed by atoms with Crippen LogP contribution in [0.5, 0.6) is 11.8 Å². The van der Waals surface area contributed by atoms with Crippen LogP contribution in [-0.4, -0.2) is 32.8 Å². The molecule has 0 N–H and O–H groups in total. The molecule has 0 atom stereocenters. The monoisotopic (exact) mass is 375 g/mol. The Bertz CT molecular complexity index is 691. The molecule has 0 saturated heterocycles. The van der Waals surface area contributed by atoms with Crippen LogP contribution >= 0.6 is 0 Å². The standard InChI is InChI=1S/C7H3F6NO6S2/c8-6(9,10)21(15,16)19-4-2-1-3-5(14-4)20-22(17,18)7(11,12)13/h1-3H. The lowest BCUT2D eigenvalue weighted by molar-refractivity contribution is -0.0502. The highest BCUT2D eigenvalue weighted by atomic mass is 32.2. The average Bonchev–Trinajstić information content (AvgIpc) is 2.24. The number of nitrogens with zero attached hydrogens (tertiary/aromatic N) is 1. The molecular weight excluding hydrogens is 372 g/mol. The third kappa shape index (κ3) is 4.12. The molecule has 0 amide bonds. The lowest BCUT2D eigenvalue weighted by atomic mass is 10.5. The van der Waals surface area contributed by atoms with E-state index in [4.69, 9.17) is 0 Å². The zero-order chi connectivity index (χ0) is 17.4. The summed E-state index contributed by atoms with van der Waals surface area (Å²) in [5.74, 6) is -2.68. The highest BCUT2D eigenvalue weighted by Gasteiger charge is 2.50. The molecule has 0 spiro atoms. The summed E-state index contributed by atoms with van der Waals surface area (Å²) in [7, 11) is -12.3. The summed E-state index contributed by atoms with van der Waals surface area (Å²) < 4.78 is 122. The molecular formula is C7H3F6NO6S2. The van der Waals surface area contributed by atoms with Gasteiger partial charge >= 0.3 is 31.3 Å². The second kappa shape index (κ2) is 5.45. The lowest BCUT2D eigenvalue weighted by Crippen LogP contribution is -2.29. The van der Waals surface area contributed by atoms with Gasteiger partial charge in [-0.25, -0.2) is 0 Å². The van der Waals surface area contributed by atoms with E-state index in [0.717, 1.165) is 0 Å². The van der Waals surface area contributed by atoms with Crippen molar-refractivity contribution in [2.75, 3.05) is 0 Å². The Hall–Kier alpha value is -1.77. The van der Waals surface area contributed by atoms with E-state index in [9.17, 15) is 43.2 Å². The summed E-state index contributed by atoms with van der Waals surface area (Å²) in [6.45, 7) is 0. The molecule has 0 fully saturated rings. The van der Waals surface area contributed by atoms with Gasteiger partial charge in [0.1, 0.15) is 0 Å². The molecule has 7 nitrogen and oxygen atoms in total. The maximum Gasteiger partial charge on any atom is 0.534 e. The van der Waals surface area contributed by atoms with Crippen LogP contribution < -0.4 is 8.37 Å². The number of hydrogen-bond donors (Lipinski definition) is 0. The van der Waals surface area contributed by atoms with E-state index < -0.39 is 43.0 Å². The molecule has 0 saturated carbocycles. The molecule has 1 heterocycles. The SMILES string of the molecule is O=S(=O)(Oc1cccc(OS(=O)(=O)C(F)(F)F)n1)C(F)(F)F. The molecule has 1 aromatic heterocycles. The smallest absolute Gasteiger partial charge is 0.355 e. The molecule has 0 aromatic carbocycles. The third-order valence-corrected chi connectivity index (χ3v) is 3.57. The number of pyridine rings is 1. The maximum absolute atomic E-state index is 12.0. The average molecular weight is 375 g/mol. The minimum absolute atomic E-state index is 0.524. The van der Waals surface area contributed by atoms with E-state index in [2.05, 4.69) is 13.4 Å². The molecule has 15 heteroatoms. The van der Waals surface area contributed by atoms with Crippen LogP contribution in [0.2, 0.25) is 0 Å². The van der Waals surface area contributed by atoms with Crippen molar-refractivity contribution in [1.29, 1.82) is 0 Å². The minimum Gasteiger partial charge on any atom is -0.355 e. The Kier molecular flexibility index (Phi) is 4.53. The van der Waals surface area contributed by atoms with Gasteiger partial charge in [0.2, 0.25) is 11.8 Å². The Labute approximate surface area is 118 Å². The zero-order valence-corrected chi connectivity index (χ0v) is 11.3. The van der Waals surface area contributed by atoms with Crippen molar-refractivity contribution in [3.8, 4) is 11.8 Å². The summed E-state index contributed by atoms with van der Waals surface area (Å²) in [5.41, 5.74) is -11.6. The quantitative estimate of drug-likeness (QED) is 0.447. The van der Waals surface area contributed by atoms with Gasteiger partial charge in [-0.15, -0.1) is 0 Å². The maximum atomic E-state index is 12.0. The highest BCUT2D eigenvalue weighted by molar-refractivity contribution is 7.88. The normalized spacial score (nSPS) is 13.7. The van der Waals surface area contributed by atoms with E-state index in [1.54, 1.807) is 0 Å². The Balaban J connectivity index is 3.08. The van der Waals surface area contributed by atoms with Gasteiger partial charge in [-0.1, -0.05) is 6.07 Å². The number of halogens is 6. The fourth-order valence-corrected chi connectivity index (χ4v) is 1.63. The molecule has 0 aliphatic carbocycles. The topological polar surface area (TPSA) is 99.6 Å². The van der Waals surface area contributed by atoms with E-state index >= 15 is 0 Å². The van der Waals surface area contributed by atoms with E-state index in [1.165, 1.54) is 0 Å². The minimum atomic E-state index is -6.13. The van der Waals surface area contributed by atoms with Crippen LogP contribution in [0, 0.1) is 0 Å². The summed E-state index contributed by atoms with van der Waals surface area (Å²) in [4.78, 5) is 2.77. The molecule has 1 aromatic rings. The number of aromatic nitrogens is 1. The molecule has 1 rings (SSSR count). The Morgan fingerprint density at radius 1 is 0.773 bits per heavy atom. The first-order chi connectivity index (χ1) is 9.66. The van der Waals surface area contributed by atoms with Gasteiger partial charge in [-0.2, -0.15) is 48.2 Å². The van der Waals surface area contributed by atoms with Crippen LogP contribution in [-0.2, 0) is 20.2 Å². The van der Waals surface area contributed by atoms with Crippen LogP contribution in [0.15, 0.2) is 18.2 Å². The number of hydrogen-bond acceptors (Lipinski definition) is 7. The first kappa shape index (κ1) is 18.3.